The van der Waals surface area contributed by atoms with Gasteiger partial charge in [-0.05, 0) is 0 Å². The van der Waals surface area contributed by atoms with Crippen molar-refractivity contribution >= 4 is 15.8 Å². The van der Waals surface area contributed by atoms with Gasteiger partial charge in [0.2, 0.25) is 0 Å². The van der Waals surface area contributed by atoms with Gasteiger partial charge in [-0.25, -0.2) is 0 Å². The van der Waals surface area contributed by atoms with E-state index in [4.69, 9.17) is 0 Å². The van der Waals surface area contributed by atoms with Gasteiger partial charge >= 0.3 is 88.6 Å². The second-order valence-corrected chi connectivity index (χ2v) is 73.3. The van der Waals surface area contributed by atoms with Crippen LogP contribution in [0, 0.1) is 0 Å². The van der Waals surface area contributed by atoms with E-state index in [1.54, 1.807) is 29.0 Å². The van der Waals surface area contributed by atoms with Gasteiger partial charge < -0.3 is 0 Å². The molecule has 4 unspecified atom stereocenters. The molecule has 90 valence electrons. The van der Waals surface area contributed by atoms with E-state index in [9.17, 15) is 0 Å². The number of hydrogen-bond acceptors (Lipinski definition) is 0. The molecule has 0 aromatic rings. The summed E-state index contributed by atoms with van der Waals surface area (Å²) in [5.41, 5.74) is 0. The maximum atomic E-state index is 2.74. The molecule has 0 nitrogen and oxygen atoms in total. The van der Waals surface area contributed by atoms with Crippen LogP contribution in [-0.4, -0.2) is 32.4 Å². The van der Waals surface area contributed by atoms with Crippen molar-refractivity contribution in [2.24, 2.45) is 0 Å². The van der Waals surface area contributed by atoms with E-state index in [0.29, 0.717) is 15.8 Å². The summed E-state index contributed by atoms with van der Waals surface area (Å²) < 4.78 is 15.0. The topological polar surface area (TPSA) is 0 Å². The first-order valence-corrected chi connectivity index (χ1v) is 26.5. The third kappa shape index (κ3) is 0.0759. The van der Waals surface area contributed by atoms with Crippen molar-refractivity contribution in [1.29, 1.82) is 0 Å². The molecule has 0 aliphatic carbocycles. The molecule has 0 aromatic carbocycles. The summed E-state index contributed by atoms with van der Waals surface area (Å²) in [5.74, 6) is 0. The Morgan fingerprint density at radius 3 is 1.12 bits per heavy atom. The second-order valence-electron chi connectivity index (χ2n) is 14.5. The molecule has 0 amide bonds. The monoisotopic (exact) mass is 340 g/mol. The summed E-state index contributed by atoms with van der Waals surface area (Å²) in [6, 6.07) is 0. The van der Waals surface area contributed by atoms with E-state index in [1.807, 2.05) is 0 Å². The van der Waals surface area contributed by atoms with Crippen LogP contribution in [-0.2, 0) is 11.4 Å². The molecule has 10 fully saturated rings. The molecule has 10 rings (SSSR count). The summed E-state index contributed by atoms with van der Waals surface area (Å²) in [5, 5.41) is 0. The van der Waals surface area contributed by atoms with Crippen molar-refractivity contribution < 1.29 is 11.4 Å². The Morgan fingerprint density at radius 2 is 1.00 bits per heavy atom. The van der Waals surface area contributed by atoms with Crippen LogP contribution in [0.4, 0.5) is 0 Å². The van der Waals surface area contributed by atoms with Crippen LogP contribution in [0.5, 0.6) is 0 Å². The normalized spacial score (nSPS) is 124. The molecule has 10 heterocycles. The van der Waals surface area contributed by atoms with Gasteiger partial charge in [-0.3, -0.25) is 0 Å². The van der Waals surface area contributed by atoms with Crippen molar-refractivity contribution in [3.8, 4) is 0 Å². The van der Waals surface area contributed by atoms with Crippen molar-refractivity contribution in [3.05, 3.63) is 0 Å². The summed E-state index contributed by atoms with van der Waals surface area (Å²) in [6.45, 7) is 11.0. The van der Waals surface area contributed by atoms with Gasteiger partial charge in [0.05, 0.1) is 0 Å². The number of hydrogen-bond donors (Lipinski definition) is 0. The fourth-order valence-corrected chi connectivity index (χ4v) is 324. The van der Waals surface area contributed by atoms with Crippen LogP contribution in [0.25, 0.3) is 0 Å². The van der Waals surface area contributed by atoms with Crippen molar-refractivity contribution in [2.75, 3.05) is 26.7 Å². The Morgan fingerprint density at radius 1 is 0.647 bits per heavy atom. The Kier molecular flexibility index (Phi) is 0.285. The zero-order valence-corrected chi connectivity index (χ0v) is 15.3. The van der Waals surface area contributed by atoms with Gasteiger partial charge in [0, 0.05) is 0 Å². The van der Waals surface area contributed by atoms with E-state index in [-0.39, 0.29) is 0 Å². The third-order valence-corrected chi connectivity index (χ3v) is 142. The minimum absolute atomic E-state index is 0.432. The molecule has 0 radical (unpaired) electrons. The van der Waals surface area contributed by atoms with Gasteiger partial charge in [-0.1, -0.05) is 0 Å². The standard InChI is InChI=1S/C9H15P2.C5H5.Zr/c1-10(2)8-6-5-7-9(8)11(3)4;1-2-4-5-3-1;/h5-7H,1-4H3;1-5H;. The molecule has 4 atom stereocenters. The second kappa shape index (κ2) is 0.632. The minimum atomic E-state index is -3.38. The Bertz CT molecular complexity index is 908. The summed E-state index contributed by atoms with van der Waals surface area (Å²) >= 11 is -3.38. The van der Waals surface area contributed by atoms with Gasteiger partial charge in [0.15, 0.2) is 0 Å². The van der Waals surface area contributed by atoms with Crippen molar-refractivity contribution in [2.45, 2.75) is 34.7 Å². The first-order chi connectivity index (χ1) is 7.82. The summed E-state index contributed by atoms with van der Waals surface area (Å²) in [4.78, 5) is 0. The van der Waals surface area contributed by atoms with Gasteiger partial charge in [0.25, 0.3) is 0 Å². The van der Waals surface area contributed by atoms with Crippen LogP contribution in [0.1, 0.15) is 0 Å². The fraction of sp³-hybridized carbons (Fsp3) is 1.00. The SMILES string of the molecule is CP(C)[C]12[CH]3[CH]4[CH]5[C]1(P(C)C)[Zr]43521678[CH]2[CH]1[CH]6[CH]7[CH]28. The van der Waals surface area contributed by atoms with E-state index < -0.39 is 11.4 Å². The molecule has 10 aliphatic heterocycles. The molecule has 0 bridgehead atoms. The molecular weight excluding hydrogens is 321 g/mol. The summed E-state index contributed by atoms with van der Waals surface area (Å²) in [7, 11) is 0.865. The van der Waals surface area contributed by atoms with E-state index in [1.165, 1.54) is 5.73 Å². The zero-order chi connectivity index (χ0) is 11.1. The third-order valence-electron chi connectivity index (χ3n) is 21.7. The van der Waals surface area contributed by atoms with Crippen LogP contribution in [0.3, 0.4) is 0 Å². The predicted octanol–water partition coefficient (Wildman–Crippen LogP) is 4.67. The Hall–Kier alpha value is 1.74. The number of fused-ring (bicyclic) bond motifs is 10. The molecule has 1 spiro atoms. The molecule has 10 saturated heterocycles. The first-order valence-electron chi connectivity index (χ1n) is 8.21. The molecule has 10 aliphatic rings. The maximum absolute atomic E-state index is 3.38. The fourth-order valence-electron chi connectivity index (χ4n) is 27.2. The first kappa shape index (κ1) is 7.67. The molecule has 17 heavy (non-hydrogen) atoms. The van der Waals surface area contributed by atoms with Crippen molar-refractivity contribution in [1.82, 2.24) is 0 Å². The van der Waals surface area contributed by atoms with E-state index in [0.717, 1.165) is 0 Å². The molecule has 0 saturated carbocycles. The van der Waals surface area contributed by atoms with Crippen molar-refractivity contribution in [3.63, 3.8) is 0 Å². The summed E-state index contributed by atoms with van der Waals surface area (Å²) in [6.07, 6.45) is 0. The van der Waals surface area contributed by atoms with Gasteiger partial charge in [-0.15, -0.1) is 0 Å². The van der Waals surface area contributed by atoms with Crippen LogP contribution >= 0.6 is 15.8 Å². The van der Waals surface area contributed by atoms with E-state index in [2.05, 4.69) is 26.7 Å². The Labute approximate surface area is 87.9 Å². The van der Waals surface area contributed by atoms with E-state index >= 15 is 0 Å². The molecule has 3 heteroatoms. The molecule has 0 N–H and O–H groups in total. The zero-order valence-electron chi connectivity index (χ0n) is 11.0. The quantitative estimate of drug-likeness (QED) is 0.640. The Balaban J connectivity index is 1.75. The van der Waals surface area contributed by atoms with Crippen LogP contribution < -0.4 is 0 Å². The van der Waals surface area contributed by atoms with Gasteiger partial charge in [-0.2, -0.15) is 0 Å². The van der Waals surface area contributed by atoms with Gasteiger partial charge in [0.1, 0.15) is 0 Å². The predicted molar refractivity (Wildman–Crippen MR) is 73.0 cm³/mol. The average Bonchev–Trinajstić information content (AvgIpc) is 3.22. The molecular formula is C14H20P2Zr. The number of rotatable bonds is 2. The van der Waals surface area contributed by atoms with Crippen LogP contribution in [0.15, 0.2) is 0 Å². The molecule has 0 aromatic heterocycles. The van der Waals surface area contributed by atoms with Crippen LogP contribution in [0.2, 0.25) is 29.0 Å². The average molecular weight is 341 g/mol.